The molecular weight excluding hydrogens is 926 g/mol. The van der Waals surface area contributed by atoms with Crippen molar-refractivity contribution >= 4 is 93.1 Å². The summed E-state index contributed by atoms with van der Waals surface area (Å²) in [6.45, 7) is 0. The monoisotopic (exact) mass is 958 g/mol. The molecule has 0 bridgehead atoms. The number of nitrogens with zero attached hydrogens (tertiary/aromatic N) is 4. The first-order chi connectivity index (χ1) is 31.8. The SMILES string of the molecule is COC(=O)c1ccc(C2=NC(c3ccc(Cl)cc3Cl)(C3(c4ccc(Cl)cc4Cl)N=C(c4ccc(C(=O)OC)cc4)C(c4ccc(C(=O)OC)cc4)=N3)N=C2c2ccc(C(=O)OC)cc2)cc1. The molecule has 0 spiro atoms. The molecule has 12 nitrogen and oxygen atoms in total. The number of carbonyl (C=O) groups is 4. The van der Waals surface area contributed by atoms with Crippen LogP contribution in [0.15, 0.2) is 153 Å². The Bertz CT molecular complexity index is 2720. The number of ether oxygens (including phenoxy) is 4. The number of hydrogen-bond acceptors (Lipinski definition) is 12. The predicted molar refractivity (Wildman–Crippen MR) is 254 cm³/mol. The van der Waals surface area contributed by atoms with E-state index in [0.717, 1.165) is 0 Å². The van der Waals surface area contributed by atoms with E-state index in [0.29, 0.717) is 66.3 Å². The summed E-state index contributed by atoms with van der Waals surface area (Å²) >= 11 is 27.7. The van der Waals surface area contributed by atoms with Crippen molar-refractivity contribution in [3.63, 3.8) is 0 Å². The van der Waals surface area contributed by atoms with Gasteiger partial charge >= 0.3 is 23.9 Å². The first kappa shape index (κ1) is 45.6. The van der Waals surface area contributed by atoms with Gasteiger partial charge in [0.1, 0.15) is 0 Å². The van der Waals surface area contributed by atoms with Crippen LogP contribution in [-0.2, 0) is 30.3 Å². The number of carbonyl (C=O) groups excluding carboxylic acids is 4. The Morgan fingerprint density at radius 1 is 0.364 bits per heavy atom. The zero-order valence-corrected chi connectivity index (χ0v) is 38.3. The summed E-state index contributed by atoms with van der Waals surface area (Å²) in [7, 11) is 5.16. The summed E-state index contributed by atoms with van der Waals surface area (Å²) in [5.41, 5.74) is 1.11. The molecule has 2 aliphatic rings. The fourth-order valence-electron chi connectivity index (χ4n) is 7.71. The molecule has 0 saturated carbocycles. The van der Waals surface area contributed by atoms with Crippen LogP contribution in [0, 0.1) is 0 Å². The molecule has 6 aromatic carbocycles. The van der Waals surface area contributed by atoms with Crippen LogP contribution in [0.5, 0.6) is 0 Å². The Morgan fingerprint density at radius 3 is 0.788 bits per heavy atom. The Hall–Kier alpha value is -6.96. The average molecular weight is 961 g/mol. The highest BCUT2D eigenvalue weighted by molar-refractivity contribution is 6.56. The van der Waals surface area contributed by atoms with E-state index >= 15 is 0 Å². The van der Waals surface area contributed by atoms with E-state index in [1.165, 1.54) is 28.4 Å². The summed E-state index contributed by atoms with van der Waals surface area (Å²) < 4.78 is 19.9. The van der Waals surface area contributed by atoms with Gasteiger partial charge < -0.3 is 18.9 Å². The maximum Gasteiger partial charge on any atom is 0.337 e. The van der Waals surface area contributed by atoms with Gasteiger partial charge in [-0.1, -0.05) is 107 Å². The molecule has 8 rings (SSSR count). The van der Waals surface area contributed by atoms with Crippen molar-refractivity contribution in [1.29, 1.82) is 0 Å². The topological polar surface area (TPSA) is 155 Å². The Morgan fingerprint density at radius 2 is 0.591 bits per heavy atom. The Kier molecular flexibility index (Phi) is 12.8. The van der Waals surface area contributed by atoms with Gasteiger partial charge in [-0.15, -0.1) is 0 Å². The summed E-state index contributed by atoms with van der Waals surface area (Å²) in [6, 6.07) is 36.2. The minimum absolute atomic E-state index is 0.146. The minimum atomic E-state index is -2.00. The van der Waals surface area contributed by atoms with Crippen LogP contribution in [-0.4, -0.2) is 75.2 Å². The lowest BCUT2D eigenvalue weighted by atomic mass is 9.82. The normalized spacial score (nSPS) is 14.6. The molecule has 66 heavy (non-hydrogen) atoms. The van der Waals surface area contributed by atoms with Crippen LogP contribution >= 0.6 is 46.4 Å². The molecule has 2 aliphatic heterocycles. The molecule has 2 heterocycles. The highest BCUT2D eigenvalue weighted by atomic mass is 35.5. The molecule has 0 amide bonds. The highest BCUT2D eigenvalue weighted by Crippen LogP contribution is 2.57. The quantitative estimate of drug-likeness (QED) is 0.0918. The van der Waals surface area contributed by atoms with Gasteiger partial charge in [0.25, 0.3) is 0 Å². The molecule has 6 aromatic rings. The molecular formula is C50H34Cl4N4O8. The number of aliphatic imine (C=N–C) groups is 4. The number of methoxy groups -OCH3 is 4. The Balaban J connectivity index is 1.52. The van der Waals surface area contributed by atoms with Crippen LogP contribution in [0.2, 0.25) is 20.1 Å². The van der Waals surface area contributed by atoms with E-state index in [4.69, 9.17) is 85.3 Å². The fourth-order valence-corrected chi connectivity index (χ4v) is 8.80. The van der Waals surface area contributed by atoms with Gasteiger partial charge in [0.2, 0.25) is 11.3 Å². The molecule has 0 atom stereocenters. The third-order valence-corrected chi connectivity index (χ3v) is 12.1. The van der Waals surface area contributed by atoms with Crippen LogP contribution in [0.1, 0.15) is 74.8 Å². The summed E-state index contributed by atoms with van der Waals surface area (Å²) in [5.74, 6) is -2.19. The summed E-state index contributed by atoms with van der Waals surface area (Å²) in [5, 5.41) is 0.925. The number of rotatable bonds is 11. The number of benzene rings is 6. The van der Waals surface area contributed by atoms with Crippen molar-refractivity contribution in [1.82, 2.24) is 0 Å². The highest BCUT2D eigenvalue weighted by Gasteiger charge is 2.62. The standard InChI is InChI=1S/C50H34Cl4N4O8/c1-63-45(59)31-13-5-27(6-14-31)41-42(28-7-15-32(16-8-28)46(60)64-2)56-49(55-41,37-23-21-35(51)25-39(37)53)50(38-24-22-36(52)26-40(38)54)57-43(29-9-17-33(18-10-29)47(61)65-3)44(58-50)30-11-19-34(20-12-30)48(62)66-4/h5-26H,1-4H3. The van der Waals surface area contributed by atoms with E-state index in [9.17, 15) is 19.2 Å². The van der Waals surface area contributed by atoms with Crippen LogP contribution < -0.4 is 0 Å². The first-order valence-electron chi connectivity index (χ1n) is 19.8. The smallest absolute Gasteiger partial charge is 0.337 e. The maximum atomic E-state index is 12.6. The van der Waals surface area contributed by atoms with Crippen LogP contribution in [0.3, 0.4) is 0 Å². The molecule has 16 heteroatoms. The second-order valence-electron chi connectivity index (χ2n) is 14.7. The van der Waals surface area contributed by atoms with E-state index in [-0.39, 0.29) is 32.3 Å². The second kappa shape index (κ2) is 18.5. The molecule has 0 unspecified atom stereocenters. The third-order valence-electron chi connectivity index (χ3n) is 11.0. The van der Waals surface area contributed by atoms with Crippen LogP contribution in [0.25, 0.3) is 0 Å². The van der Waals surface area contributed by atoms with Crippen molar-refractivity contribution < 1.29 is 38.1 Å². The molecule has 330 valence electrons. The van der Waals surface area contributed by atoms with Gasteiger partial charge in [-0.2, -0.15) is 0 Å². The zero-order chi connectivity index (χ0) is 46.9. The van der Waals surface area contributed by atoms with Crippen molar-refractivity contribution in [2.24, 2.45) is 20.0 Å². The van der Waals surface area contributed by atoms with Gasteiger partial charge in [-0.3, -0.25) is 0 Å². The van der Waals surface area contributed by atoms with E-state index in [1.807, 2.05) is 0 Å². The fraction of sp³-hybridized carbons (Fsp3) is 0.120. The number of halogens is 4. The van der Waals surface area contributed by atoms with Gasteiger partial charge in [-0.25, -0.2) is 39.1 Å². The molecule has 0 fully saturated rings. The van der Waals surface area contributed by atoms with Gasteiger partial charge in [0, 0.05) is 53.5 Å². The molecule has 0 aromatic heterocycles. The lowest BCUT2D eigenvalue weighted by Crippen LogP contribution is -2.43. The van der Waals surface area contributed by atoms with Gasteiger partial charge in [0.05, 0.1) is 73.5 Å². The minimum Gasteiger partial charge on any atom is -0.465 e. The maximum absolute atomic E-state index is 12.6. The lowest BCUT2D eigenvalue weighted by molar-refractivity contribution is 0.0592. The molecule has 0 saturated heterocycles. The largest absolute Gasteiger partial charge is 0.465 e. The number of hydrogen-bond donors (Lipinski definition) is 0. The molecule has 0 N–H and O–H groups in total. The summed E-state index contributed by atoms with van der Waals surface area (Å²) in [6.07, 6.45) is 0. The molecule has 0 aliphatic carbocycles. The van der Waals surface area contributed by atoms with E-state index in [2.05, 4.69) is 0 Å². The Labute approximate surface area is 398 Å². The number of esters is 4. The van der Waals surface area contributed by atoms with Gasteiger partial charge in [0.15, 0.2) is 0 Å². The third kappa shape index (κ3) is 8.17. The second-order valence-corrected chi connectivity index (χ2v) is 16.4. The lowest BCUT2D eigenvalue weighted by Gasteiger charge is -2.39. The van der Waals surface area contributed by atoms with Crippen LogP contribution in [0.4, 0.5) is 0 Å². The first-order valence-corrected chi connectivity index (χ1v) is 21.3. The van der Waals surface area contributed by atoms with Gasteiger partial charge in [-0.05, 0) is 72.8 Å². The van der Waals surface area contributed by atoms with Crippen molar-refractivity contribution in [3.05, 3.63) is 209 Å². The van der Waals surface area contributed by atoms with E-state index in [1.54, 1.807) is 133 Å². The van der Waals surface area contributed by atoms with Crippen molar-refractivity contribution in [2.45, 2.75) is 11.3 Å². The zero-order valence-electron chi connectivity index (χ0n) is 35.3. The van der Waals surface area contributed by atoms with Crippen molar-refractivity contribution in [2.75, 3.05) is 28.4 Å². The van der Waals surface area contributed by atoms with E-state index < -0.39 is 35.2 Å². The summed E-state index contributed by atoms with van der Waals surface area (Å²) in [4.78, 5) is 72.8. The van der Waals surface area contributed by atoms with Crippen molar-refractivity contribution in [3.8, 4) is 0 Å². The predicted octanol–water partition coefficient (Wildman–Crippen LogP) is 10.4. The molecule has 0 radical (unpaired) electrons. The average Bonchev–Trinajstić information content (AvgIpc) is 3.95.